The van der Waals surface area contributed by atoms with Gasteiger partial charge in [0, 0.05) is 12.6 Å². The molecule has 0 aliphatic carbocycles. The molecule has 0 saturated carbocycles. The number of aryl methyl sites for hydroxylation is 1. The zero-order valence-electron chi connectivity index (χ0n) is 8.61. The number of aromatic amines is 1. The zero-order chi connectivity index (χ0) is 11.2. The Hall–Kier alpha value is -1.27. The number of H-pyrrole nitrogens is 1. The Morgan fingerprint density at radius 2 is 2.07 bits per heavy atom. The summed E-state index contributed by atoms with van der Waals surface area (Å²) in [6, 6.07) is 0. The standard InChI is InChI=1S/C7H10N2.BF4/c1-3-4-7-5-8-6(2)9-7;2-1(3,4)5/h3,5H,1,4H2,2H3,(H,8,9);/q;-1/p+1. The largest absolute Gasteiger partial charge is 1.00 e. The summed E-state index contributed by atoms with van der Waals surface area (Å²) in [6.07, 6.45) is 4.59. The maximum atomic E-state index is 9.75. The second kappa shape index (κ2) is 5.46. The number of rotatable bonds is 2. The fraction of sp³-hybridized carbons (Fsp3) is 0.286. The number of nitrogens with zero attached hydrogens (tertiary/aromatic N) is 1. The molecule has 0 amide bonds. The van der Waals surface area contributed by atoms with Gasteiger partial charge in [0.1, 0.15) is 5.82 Å². The molecule has 7 heteroatoms. The van der Waals surface area contributed by atoms with Crippen molar-refractivity contribution in [3.63, 3.8) is 0 Å². The fourth-order valence-corrected chi connectivity index (χ4v) is 0.720. The van der Waals surface area contributed by atoms with Gasteiger partial charge in [0.15, 0.2) is 0 Å². The second-order valence-electron chi connectivity index (χ2n) is 2.46. The van der Waals surface area contributed by atoms with Crippen LogP contribution in [0.25, 0.3) is 0 Å². The van der Waals surface area contributed by atoms with E-state index in [4.69, 9.17) is 0 Å². The molecule has 0 atom stereocenters. The molecule has 1 aromatic heterocycles. The molecular weight excluding hydrogens is 199 g/mol. The van der Waals surface area contributed by atoms with E-state index in [-0.39, 0.29) is 1.43 Å². The van der Waals surface area contributed by atoms with E-state index in [0.717, 1.165) is 17.9 Å². The number of imidazole rings is 1. The highest BCUT2D eigenvalue weighted by atomic mass is 19.5. The van der Waals surface area contributed by atoms with Gasteiger partial charge in [-0.1, -0.05) is 6.08 Å². The molecule has 14 heavy (non-hydrogen) atoms. The van der Waals surface area contributed by atoms with Gasteiger partial charge in [-0.25, -0.2) is 4.98 Å². The molecule has 0 saturated heterocycles. The molecule has 0 aliphatic heterocycles. The highest BCUT2D eigenvalue weighted by molar-refractivity contribution is 6.50. The van der Waals surface area contributed by atoms with Crippen molar-refractivity contribution in [1.82, 2.24) is 9.97 Å². The third-order valence-electron chi connectivity index (χ3n) is 1.11. The Balaban J connectivity index is 0. The van der Waals surface area contributed by atoms with Crippen molar-refractivity contribution in [2.45, 2.75) is 13.3 Å². The van der Waals surface area contributed by atoms with Crippen LogP contribution < -0.4 is 0 Å². The van der Waals surface area contributed by atoms with Crippen molar-refractivity contribution < 1.29 is 18.7 Å². The highest BCUT2D eigenvalue weighted by Gasteiger charge is 2.20. The lowest BCUT2D eigenvalue weighted by Gasteiger charge is -1.94. The highest BCUT2D eigenvalue weighted by Crippen LogP contribution is 2.06. The lowest BCUT2D eigenvalue weighted by Crippen LogP contribution is -2.02. The molecule has 1 heterocycles. The zero-order valence-corrected chi connectivity index (χ0v) is 7.61. The smallest absolute Gasteiger partial charge is 0.418 e. The van der Waals surface area contributed by atoms with Crippen LogP contribution in [0.3, 0.4) is 0 Å². The van der Waals surface area contributed by atoms with E-state index in [0.29, 0.717) is 0 Å². The predicted molar refractivity (Wildman–Crippen MR) is 48.5 cm³/mol. The minimum absolute atomic E-state index is 0. The van der Waals surface area contributed by atoms with Gasteiger partial charge in [0.2, 0.25) is 0 Å². The van der Waals surface area contributed by atoms with Gasteiger partial charge in [-0.2, -0.15) is 0 Å². The van der Waals surface area contributed by atoms with Crippen LogP contribution in [0.2, 0.25) is 0 Å². The first-order valence-electron chi connectivity index (χ1n) is 3.82. The maximum absolute atomic E-state index is 9.75. The molecule has 0 aliphatic rings. The first-order chi connectivity index (χ1) is 6.33. The van der Waals surface area contributed by atoms with Crippen LogP contribution in [-0.2, 0) is 6.42 Å². The summed E-state index contributed by atoms with van der Waals surface area (Å²) in [5, 5.41) is 0. The van der Waals surface area contributed by atoms with Crippen molar-refractivity contribution in [2.75, 3.05) is 0 Å². The van der Waals surface area contributed by atoms with Crippen LogP contribution in [0.15, 0.2) is 18.9 Å². The van der Waals surface area contributed by atoms with Crippen LogP contribution >= 0.6 is 0 Å². The summed E-state index contributed by atoms with van der Waals surface area (Å²) in [4.78, 5) is 7.17. The first kappa shape index (κ1) is 12.7. The van der Waals surface area contributed by atoms with E-state index in [2.05, 4.69) is 16.5 Å². The Bertz CT molecular complexity index is 281. The molecule has 0 bridgehead atoms. The second-order valence-corrected chi connectivity index (χ2v) is 2.46. The summed E-state index contributed by atoms with van der Waals surface area (Å²) < 4.78 is 39.0. The quantitative estimate of drug-likeness (QED) is 0.453. The Morgan fingerprint density at radius 3 is 2.36 bits per heavy atom. The number of allylic oxidation sites excluding steroid dienone is 1. The molecule has 0 spiro atoms. The third kappa shape index (κ3) is 8.83. The normalized spacial score (nSPS) is 10.4. The van der Waals surface area contributed by atoms with E-state index >= 15 is 0 Å². The van der Waals surface area contributed by atoms with Crippen LogP contribution in [0.4, 0.5) is 17.3 Å². The number of halogens is 4. The molecule has 1 N–H and O–H groups in total. The fourth-order valence-electron chi connectivity index (χ4n) is 0.720. The number of hydrogen-bond acceptors (Lipinski definition) is 1. The molecule has 2 nitrogen and oxygen atoms in total. The summed E-state index contributed by atoms with van der Waals surface area (Å²) in [5.74, 6) is 0.965. The predicted octanol–water partition coefficient (Wildman–Crippen LogP) is 2.86. The Labute approximate surface area is 80.6 Å². The number of hydrogen-bond donors (Lipinski definition) is 1. The average molecular weight is 210 g/mol. The van der Waals surface area contributed by atoms with Gasteiger partial charge in [-0.05, 0) is 6.92 Å². The third-order valence-corrected chi connectivity index (χ3v) is 1.11. The van der Waals surface area contributed by atoms with E-state index in [1.807, 2.05) is 19.2 Å². The van der Waals surface area contributed by atoms with Gasteiger partial charge in [0.05, 0.1) is 5.69 Å². The molecule has 1 aromatic rings. The van der Waals surface area contributed by atoms with Gasteiger partial charge in [0.25, 0.3) is 0 Å². The van der Waals surface area contributed by atoms with Gasteiger partial charge in [-0.15, -0.1) is 6.58 Å². The van der Waals surface area contributed by atoms with E-state index < -0.39 is 7.25 Å². The lowest BCUT2D eigenvalue weighted by atomic mass is 10.3. The van der Waals surface area contributed by atoms with Crippen LogP contribution in [0.1, 0.15) is 12.9 Å². The summed E-state index contributed by atoms with van der Waals surface area (Å²) in [7, 11) is -6.00. The van der Waals surface area contributed by atoms with Crippen LogP contribution in [0.5, 0.6) is 0 Å². The topological polar surface area (TPSA) is 28.7 Å². The van der Waals surface area contributed by atoms with Gasteiger partial charge < -0.3 is 22.2 Å². The Morgan fingerprint density at radius 1 is 1.57 bits per heavy atom. The van der Waals surface area contributed by atoms with Crippen molar-refractivity contribution in [2.24, 2.45) is 0 Å². The van der Waals surface area contributed by atoms with Gasteiger partial charge in [-0.3, -0.25) is 0 Å². The van der Waals surface area contributed by atoms with E-state index in [1.54, 1.807) is 0 Å². The lowest BCUT2D eigenvalue weighted by molar-refractivity contribution is 0.368. The number of aromatic nitrogens is 2. The SMILES string of the molecule is C=CCc1c[nH]c(C)n1.F[B-](F)(F)F.[H+]. The van der Waals surface area contributed by atoms with Crippen molar-refractivity contribution in [3.05, 3.63) is 30.4 Å². The van der Waals surface area contributed by atoms with Crippen LogP contribution in [0, 0.1) is 6.92 Å². The summed E-state index contributed by atoms with van der Waals surface area (Å²) in [6.45, 7) is 5.55. The maximum Gasteiger partial charge on any atom is 1.00 e. The van der Waals surface area contributed by atoms with Crippen LogP contribution in [-0.4, -0.2) is 17.2 Å². The molecule has 0 radical (unpaired) electrons. The summed E-state index contributed by atoms with van der Waals surface area (Å²) >= 11 is 0. The van der Waals surface area contributed by atoms with Gasteiger partial charge >= 0.3 is 8.68 Å². The molecule has 80 valence electrons. The molecule has 0 fully saturated rings. The number of nitrogens with one attached hydrogen (secondary N) is 1. The minimum Gasteiger partial charge on any atom is -0.418 e. The summed E-state index contributed by atoms with van der Waals surface area (Å²) in [5.41, 5.74) is 1.06. The van der Waals surface area contributed by atoms with Crippen molar-refractivity contribution >= 4 is 7.25 Å². The molecular formula is C7H11BF4N2. The molecule has 1 rings (SSSR count). The monoisotopic (exact) mass is 210 g/mol. The first-order valence-corrected chi connectivity index (χ1v) is 3.82. The van der Waals surface area contributed by atoms with Crippen molar-refractivity contribution in [1.29, 1.82) is 0 Å². The van der Waals surface area contributed by atoms with E-state index in [1.165, 1.54) is 0 Å². The Kier molecular flexibility index (Phi) is 4.97. The molecule has 0 aromatic carbocycles. The molecule has 0 unspecified atom stereocenters. The van der Waals surface area contributed by atoms with Crippen molar-refractivity contribution in [3.8, 4) is 0 Å². The minimum atomic E-state index is -6.00. The average Bonchev–Trinajstić information content (AvgIpc) is 2.32. The van der Waals surface area contributed by atoms with E-state index in [9.17, 15) is 17.3 Å².